The molecule has 7 nitrogen and oxygen atoms in total. The van der Waals surface area contributed by atoms with Gasteiger partial charge in [-0.3, -0.25) is 9.59 Å². The average Bonchev–Trinajstić information content (AvgIpc) is 3.25. The number of hydrogen-bond acceptors (Lipinski definition) is 6. The number of carbonyl (C=O) groups is 2. The molecule has 28 heavy (non-hydrogen) atoms. The molecule has 8 heteroatoms. The van der Waals surface area contributed by atoms with Crippen molar-refractivity contribution < 1.29 is 9.59 Å². The lowest BCUT2D eigenvalue weighted by Crippen LogP contribution is -2.44. The van der Waals surface area contributed by atoms with E-state index in [1.54, 1.807) is 6.07 Å². The molecule has 1 aliphatic heterocycles. The summed E-state index contributed by atoms with van der Waals surface area (Å²) in [4.78, 5) is 32.9. The van der Waals surface area contributed by atoms with Crippen molar-refractivity contribution in [2.75, 3.05) is 44.7 Å². The Bertz CT molecular complexity index is 755. The molecular weight excluding hydrogens is 374 g/mol. The number of thiophene rings is 1. The number of rotatable bonds is 8. The van der Waals surface area contributed by atoms with E-state index in [0.29, 0.717) is 31.5 Å². The number of likely N-dealkylation sites (N-methyl/N-ethyl adjacent to an activating group) is 1. The monoisotopic (exact) mass is 401 g/mol. The summed E-state index contributed by atoms with van der Waals surface area (Å²) in [5.41, 5.74) is 1.65. The summed E-state index contributed by atoms with van der Waals surface area (Å²) in [6.07, 6.45) is 2.83. The van der Waals surface area contributed by atoms with E-state index in [2.05, 4.69) is 32.5 Å². The molecule has 0 atom stereocenters. The SMILES string of the molecule is CN1CCN(c2ccc(CNC(=O)CCCNC(=O)c3ccsc3)cn2)CC1. The number of piperazine rings is 1. The van der Waals surface area contributed by atoms with E-state index in [-0.39, 0.29) is 11.8 Å². The van der Waals surface area contributed by atoms with Crippen molar-refractivity contribution in [2.24, 2.45) is 0 Å². The van der Waals surface area contributed by atoms with Crippen LogP contribution >= 0.6 is 11.3 Å². The minimum atomic E-state index is -0.0897. The van der Waals surface area contributed by atoms with Crippen LogP contribution in [0.15, 0.2) is 35.2 Å². The largest absolute Gasteiger partial charge is 0.354 e. The summed E-state index contributed by atoms with van der Waals surface area (Å²) in [5.74, 6) is 0.880. The van der Waals surface area contributed by atoms with Gasteiger partial charge in [0.2, 0.25) is 5.91 Å². The van der Waals surface area contributed by atoms with E-state index in [9.17, 15) is 9.59 Å². The predicted octanol–water partition coefficient (Wildman–Crippen LogP) is 1.72. The molecule has 2 aromatic rings. The Hall–Kier alpha value is -2.45. The number of pyridine rings is 1. The van der Waals surface area contributed by atoms with Crippen LogP contribution in [-0.2, 0) is 11.3 Å². The average molecular weight is 402 g/mol. The van der Waals surface area contributed by atoms with Crippen LogP contribution in [0.5, 0.6) is 0 Å². The maximum Gasteiger partial charge on any atom is 0.252 e. The first-order chi connectivity index (χ1) is 13.6. The van der Waals surface area contributed by atoms with Gasteiger partial charge in [0.25, 0.3) is 5.91 Å². The molecular formula is C20H27N5O2S. The molecule has 0 aliphatic carbocycles. The number of amides is 2. The quantitative estimate of drug-likeness (QED) is 0.659. The number of anilines is 1. The molecule has 0 bridgehead atoms. The van der Waals surface area contributed by atoms with Crippen molar-refractivity contribution in [2.45, 2.75) is 19.4 Å². The molecule has 0 saturated carbocycles. The molecule has 0 unspecified atom stereocenters. The minimum Gasteiger partial charge on any atom is -0.354 e. The van der Waals surface area contributed by atoms with Crippen LogP contribution < -0.4 is 15.5 Å². The molecule has 1 saturated heterocycles. The number of hydrogen-bond donors (Lipinski definition) is 2. The van der Waals surface area contributed by atoms with Crippen molar-refractivity contribution in [3.63, 3.8) is 0 Å². The third kappa shape index (κ3) is 6.03. The molecule has 2 aromatic heterocycles. The summed E-state index contributed by atoms with van der Waals surface area (Å²) in [6, 6.07) is 5.82. The van der Waals surface area contributed by atoms with Crippen LogP contribution in [-0.4, -0.2) is 61.5 Å². The Morgan fingerprint density at radius 3 is 2.64 bits per heavy atom. The standard InChI is InChI=1S/C20H27N5O2S/c1-24-8-10-25(11-9-24)18-5-4-16(13-22-18)14-23-19(26)3-2-7-21-20(27)17-6-12-28-15-17/h4-6,12-13,15H,2-3,7-11,14H2,1H3,(H,21,27)(H,23,26). The summed E-state index contributed by atoms with van der Waals surface area (Å²) in [7, 11) is 2.13. The highest BCUT2D eigenvalue weighted by Gasteiger charge is 2.15. The lowest BCUT2D eigenvalue weighted by molar-refractivity contribution is -0.121. The molecule has 1 aliphatic rings. The first kappa shape index (κ1) is 20.3. The maximum absolute atomic E-state index is 12.0. The van der Waals surface area contributed by atoms with E-state index in [1.807, 2.05) is 29.1 Å². The van der Waals surface area contributed by atoms with Crippen LogP contribution in [0.3, 0.4) is 0 Å². The van der Waals surface area contributed by atoms with Gasteiger partial charge >= 0.3 is 0 Å². The van der Waals surface area contributed by atoms with Gasteiger partial charge in [-0.25, -0.2) is 4.98 Å². The molecule has 150 valence electrons. The van der Waals surface area contributed by atoms with Crippen molar-refractivity contribution >= 4 is 29.0 Å². The fraction of sp³-hybridized carbons (Fsp3) is 0.450. The lowest BCUT2D eigenvalue weighted by Gasteiger charge is -2.33. The smallest absolute Gasteiger partial charge is 0.252 e. The molecule has 1 fully saturated rings. The Morgan fingerprint density at radius 1 is 1.14 bits per heavy atom. The minimum absolute atomic E-state index is 0.0204. The maximum atomic E-state index is 12.0. The van der Waals surface area contributed by atoms with Gasteiger partial charge in [-0.05, 0) is 36.5 Å². The highest BCUT2D eigenvalue weighted by molar-refractivity contribution is 7.08. The van der Waals surface area contributed by atoms with Crippen LogP contribution in [0, 0.1) is 0 Å². The van der Waals surface area contributed by atoms with Crippen molar-refractivity contribution in [3.8, 4) is 0 Å². The van der Waals surface area contributed by atoms with Gasteiger partial charge in [-0.15, -0.1) is 0 Å². The molecule has 2 amide bonds. The van der Waals surface area contributed by atoms with Crippen LogP contribution in [0.2, 0.25) is 0 Å². The molecule has 0 aromatic carbocycles. The fourth-order valence-corrected chi connectivity index (χ4v) is 3.62. The molecule has 3 heterocycles. The Labute approximate surface area is 169 Å². The summed E-state index contributed by atoms with van der Waals surface area (Å²) in [6.45, 7) is 5.03. The van der Waals surface area contributed by atoms with Gasteiger partial charge in [0, 0.05) is 62.8 Å². The number of carbonyl (C=O) groups excluding carboxylic acids is 2. The van der Waals surface area contributed by atoms with Gasteiger partial charge in [0.15, 0.2) is 0 Å². The normalized spacial score (nSPS) is 14.7. The first-order valence-corrected chi connectivity index (χ1v) is 10.5. The van der Waals surface area contributed by atoms with Gasteiger partial charge < -0.3 is 20.4 Å². The van der Waals surface area contributed by atoms with Crippen molar-refractivity contribution in [1.82, 2.24) is 20.5 Å². The Kier molecular flexibility index (Phi) is 7.39. The second-order valence-electron chi connectivity index (χ2n) is 6.96. The summed E-state index contributed by atoms with van der Waals surface area (Å²) < 4.78 is 0. The van der Waals surface area contributed by atoms with Crippen LogP contribution in [0.4, 0.5) is 5.82 Å². The number of nitrogens with one attached hydrogen (secondary N) is 2. The van der Waals surface area contributed by atoms with Crippen molar-refractivity contribution in [3.05, 3.63) is 46.3 Å². The van der Waals surface area contributed by atoms with E-state index in [0.717, 1.165) is 37.6 Å². The third-order valence-electron chi connectivity index (χ3n) is 4.78. The first-order valence-electron chi connectivity index (χ1n) is 9.57. The molecule has 3 rings (SSSR count). The highest BCUT2D eigenvalue weighted by atomic mass is 32.1. The van der Waals surface area contributed by atoms with E-state index in [1.165, 1.54) is 11.3 Å². The van der Waals surface area contributed by atoms with Gasteiger partial charge in [0.1, 0.15) is 5.82 Å². The highest BCUT2D eigenvalue weighted by Crippen LogP contribution is 2.13. The van der Waals surface area contributed by atoms with Gasteiger partial charge in [0.05, 0.1) is 0 Å². The molecule has 0 radical (unpaired) electrons. The molecule has 0 spiro atoms. The van der Waals surface area contributed by atoms with Crippen LogP contribution in [0.25, 0.3) is 0 Å². The lowest BCUT2D eigenvalue weighted by atomic mass is 10.2. The summed E-state index contributed by atoms with van der Waals surface area (Å²) in [5, 5.41) is 9.41. The summed E-state index contributed by atoms with van der Waals surface area (Å²) >= 11 is 1.49. The van der Waals surface area contributed by atoms with E-state index in [4.69, 9.17) is 0 Å². The Balaban J connectivity index is 1.32. The van der Waals surface area contributed by atoms with Crippen LogP contribution in [0.1, 0.15) is 28.8 Å². The fourth-order valence-electron chi connectivity index (χ4n) is 2.98. The molecule has 2 N–H and O–H groups in total. The number of aromatic nitrogens is 1. The topological polar surface area (TPSA) is 77.6 Å². The van der Waals surface area contributed by atoms with Gasteiger partial charge in [-0.2, -0.15) is 11.3 Å². The Morgan fingerprint density at radius 2 is 1.96 bits per heavy atom. The predicted molar refractivity (Wildman–Crippen MR) is 112 cm³/mol. The zero-order valence-electron chi connectivity index (χ0n) is 16.2. The zero-order valence-corrected chi connectivity index (χ0v) is 17.0. The van der Waals surface area contributed by atoms with E-state index >= 15 is 0 Å². The van der Waals surface area contributed by atoms with E-state index < -0.39 is 0 Å². The van der Waals surface area contributed by atoms with Crippen molar-refractivity contribution in [1.29, 1.82) is 0 Å². The number of nitrogens with zero attached hydrogens (tertiary/aromatic N) is 3. The third-order valence-corrected chi connectivity index (χ3v) is 5.46. The van der Waals surface area contributed by atoms with Gasteiger partial charge in [-0.1, -0.05) is 6.07 Å². The second-order valence-corrected chi connectivity index (χ2v) is 7.74. The second kappa shape index (κ2) is 10.2. The zero-order chi connectivity index (χ0) is 19.8.